The number of fused-ring (bicyclic) bond motifs is 1. The summed E-state index contributed by atoms with van der Waals surface area (Å²) in [4.78, 5) is 26.8. The van der Waals surface area contributed by atoms with Crippen LogP contribution in [0.15, 0.2) is 24.8 Å². The monoisotopic (exact) mass is 425 g/mol. The van der Waals surface area contributed by atoms with Crippen LogP contribution < -0.4 is 4.90 Å². The summed E-state index contributed by atoms with van der Waals surface area (Å²) >= 11 is 1.82. The SMILES string of the molecule is CC1COCCN1c1nc(-c2cncnc2)nc2cc(CN3CCN(C)CC3)sc12. The highest BCUT2D eigenvalue weighted by Gasteiger charge is 2.25. The van der Waals surface area contributed by atoms with Crippen LogP contribution in [0, 0.1) is 0 Å². The average molecular weight is 426 g/mol. The number of nitrogens with zero attached hydrogens (tertiary/aromatic N) is 7. The third-order valence-corrected chi connectivity index (χ3v) is 6.94. The molecule has 0 bridgehead atoms. The van der Waals surface area contributed by atoms with Crippen LogP contribution in [0.3, 0.4) is 0 Å². The largest absolute Gasteiger partial charge is 0.377 e. The van der Waals surface area contributed by atoms with E-state index in [9.17, 15) is 0 Å². The maximum absolute atomic E-state index is 5.66. The van der Waals surface area contributed by atoms with Gasteiger partial charge < -0.3 is 14.5 Å². The molecule has 0 radical (unpaired) electrons. The van der Waals surface area contributed by atoms with Crippen molar-refractivity contribution in [2.75, 3.05) is 57.9 Å². The van der Waals surface area contributed by atoms with Crippen LogP contribution in [-0.4, -0.2) is 88.8 Å². The molecule has 5 rings (SSSR count). The Morgan fingerprint density at radius 2 is 1.90 bits per heavy atom. The fourth-order valence-electron chi connectivity index (χ4n) is 4.05. The van der Waals surface area contributed by atoms with E-state index in [-0.39, 0.29) is 6.04 Å². The Morgan fingerprint density at radius 3 is 2.67 bits per heavy atom. The molecule has 5 heterocycles. The van der Waals surface area contributed by atoms with Gasteiger partial charge in [-0.15, -0.1) is 11.3 Å². The summed E-state index contributed by atoms with van der Waals surface area (Å²) in [5, 5.41) is 0. The molecule has 2 aliphatic heterocycles. The first kappa shape index (κ1) is 19.7. The van der Waals surface area contributed by atoms with Gasteiger partial charge in [0, 0.05) is 56.5 Å². The van der Waals surface area contributed by atoms with Crippen molar-refractivity contribution in [1.82, 2.24) is 29.7 Å². The molecule has 0 spiro atoms. The minimum absolute atomic E-state index is 0.278. The summed E-state index contributed by atoms with van der Waals surface area (Å²) in [6, 6.07) is 2.52. The molecule has 158 valence electrons. The van der Waals surface area contributed by atoms with E-state index in [0.717, 1.165) is 74.1 Å². The number of piperazine rings is 1. The number of morpholine rings is 1. The minimum Gasteiger partial charge on any atom is -0.377 e. The van der Waals surface area contributed by atoms with Gasteiger partial charge in [0.25, 0.3) is 0 Å². The first-order valence-corrected chi connectivity index (χ1v) is 11.3. The second-order valence-corrected chi connectivity index (χ2v) is 9.26. The van der Waals surface area contributed by atoms with Gasteiger partial charge in [0.2, 0.25) is 0 Å². The molecule has 3 aromatic heterocycles. The highest BCUT2D eigenvalue weighted by molar-refractivity contribution is 7.19. The van der Waals surface area contributed by atoms with Crippen molar-refractivity contribution in [1.29, 1.82) is 0 Å². The molecule has 0 saturated carbocycles. The van der Waals surface area contributed by atoms with Gasteiger partial charge in [0.15, 0.2) is 11.6 Å². The van der Waals surface area contributed by atoms with Crippen LogP contribution in [0.25, 0.3) is 21.6 Å². The van der Waals surface area contributed by atoms with Crippen molar-refractivity contribution in [2.45, 2.75) is 19.5 Å². The predicted octanol–water partition coefficient (Wildman–Crippen LogP) is 2.12. The lowest BCUT2D eigenvalue weighted by Gasteiger charge is -2.34. The van der Waals surface area contributed by atoms with Crippen LogP contribution in [0.5, 0.6) is 0 Å². The van der Waals surface area contributed by atoms with Gasteiger partial charge in [-0.2, -0.15) is 0 Å². The second-order valence-electron chi connectivity index (χ2n) is 8.12. The van der Waals surface area contributed by atoms with Crippen LogP contribution in [-0.2, 0) is 11.3 Å². The van der Waals surface area contributed by atoms with Crippen LogP contribution in [0.2, 0.25) is 0 Å². The number of hydrogen-bond acceptors (Lipinski definition) is 9. The fraction of sp³-hybridized carbons (Fsp3) is 0.524. The summed E-state index contributed by atoms with van der Waals surface area (Å²) in [6.07, 6.45) is 5.09. The van der Waals surface area contributed by atoms with Gasteiger partial charge in [-0.25, -0.2) is 19.9 Å². The lowest BCUT2D eigenvalue weighted by Crippen LogP contribution is -2.44. The second kappa shape index (κ2) is 8.50. The third-order valence-electron chi connectivity index (χ3n) is 5.84. The molecule has 0 aliphatic carbocycles. The number of hydrogen-bond donors (Lipinski definition) is 0. The van der Waals surface area contributed by atoms with E-state index >= 15 is 0 Å². The van der Waals surface area contributed by atoms with Crippen LogP contribution >= 0.6 is 11.3 Å². The Bertz CT molecular complexity index is 1000. The van der Waals surface area contributed by atoms with Gasteiger partial charge in [-0.1, -0.05) is 0 Å². The van der Waals surface area contributed by atoms with Crippen molar-refractivity contribution >= 4 is 27.4 Å². The Balaban J connectivity index is 1.53. The van der Waals surface area contributed by atoms with Gasteiger partial charge in [0.1, 0.15) is 6.33 Å². The molecule has 8 nitrogen and oxygen atoms in total. The molecule has 2 aliphatic rings. The topological polar surface area (TPSA) is 70.5 Å². The van der Waals surface area contributed by atoms with E-state index in [1.807, 2.05) is 11.3 Å². The molecule has 30 heavy (non-hydrogen) atoms. The third kappa shape index (κ3) is 4.02. The number of rotatable bonds is 4. The number of likely N-dealkylation sites (N-methyl/N-ethyl adjacent to an activating group) is 1. The van der Waals surface area contributed by atoms with Crippen molar-refractivity contribution in [2.24, 2.45) is 0 Å². The number of aromatic nitrogens is 4. The van der Waals surface area contributed by atoms with Crippen LogP contribution in [0.4, 0.5) is 5.82 Å². The molecule has 9 heteroatoms. The summed E-state index contributed by atoms with van der Waals surface area (Å²) in [5.74, 6) is 1.69. The van der Waals surface area contributed by atoms with E-state index in [1.165, 1.54) is 11.2 Å². The Hall–Kier alpha value is -2.20. The molecule has 1 unspecified atom stereocenters. The zero-order chi connectivity index (χ0) is 20.5. The van der Waals surface area contributed by atoms with Gasteiger partial charge >= 0.3 is 0 Å². The van der Waals surface area contributed by atoms with Crippen LogP contribution in [0.1, 0.15) is 11.8 Å². The maximum Gasteiger partial charge on any atom is 0.165 e. The van der Waals surface area contributed by atoms with E-state index in [1.54, 1.807) is 12.4 Å². The molecule has 2 fully saturated rings. The summed E-state index contributed by atoms with van der Waals surface area (Å²) in [6.45, 7) is 9.90. The number of ether oxygens (including phenoxy) is 1. The predicted molar refractivity (Wildman–Crippen MR) is 119 cm³/mol. The average Bonchev–Trinajstić information content (AvgIpc) is 3.18. The fourth-order valence-corrected chi connectivity index (χ4v) is 5.19. The molecule has 3 aromatic rings. The van der Waals surface area contributed by atoms with Gasteiger partial charge in [-0.05, 0) is 20.0 Å². The zero-order valence-electron chi connectivity index (χ0n) is 17.5. The summed E-state index contributed by atoms with van der Waals surface area (Å²) in [7, 11) is 2.19. The molecule has 0 N–H and O–H groups in total. The summed E-state index contributed by atoms with van der Waals surface area (Å²) < 4.78 is 6.82. The zero-order valence-corrected chi connectivity index (χ0v) is 18.3. The number of anilines is 1. The summed E-state index contributed by atoms with van der Waals surface area (Å²) in [5.41, 5.74) is 1.85. The number of thiophene rings is 1. The quantitative estimate of drug-likeness (QED) is 0.630. The van der Waals surface area contributed by atoms with Crippen molar-refractivity contribution < 1.29 is 4.74 Å². The Kier molecular flexibility index (Phi) is 5.60. The molecular weight excluding hydrogens is 398 g/mol. The highest BCUT2D eigenvalue weighted by atomic mass is 32.1. The van der Waals surface area contributed by atoms with Crippen molar-refractivity contribution in [3.05, 3.63) is 29.7 Å². The van der Waals surface area contributed by atoms with E-state index in [4.69, 9.17) is 14.7 Å². The molecule has 2 saturated heterocycles. The Labute approximate surface area is 180 Å². The van der Waals surface area contributed by atoms with E-state index in [2.05, 4.69) is 44.7 Å². The molecular formula is C21H27N7OS. The van der Waals surface area contributed by atoms with E-state index in [0.29, 0.717) is 5.82 Å². The smallest absolute Gasteiger partial charge is 0.165 e. The standard InChI is InChI=1S/C21H27N7OS/c1-15-13-29-8-7-28(15)21-19-18(24-20(25-21)16-10-22-14-23-11-16)9-17(30-19)12-27-5-3-26(2)4-6-27/h9-11,14-15H,3-8,12-13H2,1-2H3. The van der Waals surface area contributed by atoms with E-state index < -0.39 is 0 Å². The first-order valence-electron chi connectivity index (χ1n) is 10.5. The lowest BCUT2D eigenvalue weighted by atomic mass is 10.2. The van der Waals surface area contributed by atoms with Crippen molar-refractivity contribution in [3.8, 4) is 11.4 Å². The maximum atomic E-state index is 5.66. The van der Waals surface area contributed by atoms with Crippen molar-refractivity contribution in [3.63, 3.8) is 0 Å². The Morgan fingerprint density at radius 1 is 1.10 bits per heavy atom. The molecule has 1 atom stereocenters. The lowest BCUT2D eigenvalue weighted by molar-refractivity contribution is 0.0987. The molecule has 0 amide bonds. The van der Waals surface area contributed by atoms with Gasteiger partial charge in [-0.3, -0.25) is 4.90 Å². The minimum atomic E-state index is 0.278. The molecule has 0 aromatic carbocycles. The van der Waals surface area contributed by atoms with Gasteiger partial charge in [0.05, 0.1) is 35.0 Å². The first-order chi connectivity index (χ1) is 14.7. The normalized spacial score (nSPS) is 21.4. The highest BCUT2D eigenvalue weighted by Crippen LogP contribution is 2.35.